The van der Waals surface area contributed by atoms with Crippen LogP contribution in [0, 0.1) is 0 Å². The van der Waals surface area contributed by atoms with E-state index in [1.165, 1.54) is 0 Å². The van der Waals surface area contributed by atoms with Crippen LogP contribution in [0.5, 0.6) is 0 Å². The minimum atomic E-state index is -3.55. The normalized spacial score (nSPS) is 20.1. The van der Waals surface area contributed by atoms with E-state index in [2.05, 4.69) is 20.7 Å². The summed E-state index contributed by atoms with van der Waals surface area (Å²) in [4.78, 5) is 0. The lowest BCUT2D eigenvalue weighted by atomic mass is 10.2. The molecule has 1 aromatic carbocycles. The quantitative estimate of drug-likeness (QED) is 0.882. The fourth-order valence-corrected chi connectivity index (χ4v) is 5.77. The zero-order chi connectivity index (χ0) is 14.1. The molecule has 1 fully saturated rings. The Morgan fingerprint density at radius 2 is 1.74 bits per heavy atom. The highest BCUT2D eigenvalue weighted by atomic mass is 79.9. The van der Waals surface area contributed by atoms with E-state index in [1.807, 2.05) is 0 Å². The van der Waals surface area contributed by atoms with Crippen LogP contribution in [0.2, 0.25) is 0 Å². The van der Waals surface area contributed by atoms with Crippen LogP contribution in [0.3, 0.4) is 0 Å². The van der Waals surface area contributed by atoms with Gasteiger partial charge in [-0.05, 0) is 40.9 Å². The molecule has 0 saturated carbocycles. The van der Waals surface area contributed by atoms with E-state index >= 15 is 0 Å². The molecule has 106 valence electrons. The van der Waals surface area contributed by atoms with Gasteiger partial charge in [0.05, 0.1) is 22.4 Å². The van der Waals surface area contributed by atoms with Gasteiger partial charge in [-0.3, -0.25) is 4.72 Å². The first kappa shape index (κ1) is 14.8. The summed E-state index contributed by atoms with van der Waals surface area (Å²) in [7, 11) is -6.61. The van der Waals surface area contributed by atoms with E-state index < -0.39 is 25.1 Å². The number of hydrogen-bond donors (Lipinski definition) is 1. The van der Waals surface area contributed by atoms with Crippen molar-refractivity contribution in [2.75, 3.05) is 16.2 Å². The van der Waals surface area contributed by atoms with Gasteiger partial charge in [-0.25, -0.2) is 16.8 Å². The molecule has 0 atom stereocenters. The third-order valence-corrected chi connectivity index (χ3v) is 7.33. The third-order valence-electron chi connectivity index (χ3n) is 3.07. The summed E-state index contributed by atoms with van der Waals surface area (Å²) in [5, 5.41) is -0.650. The number of rotatable bonds is 3. The maximum Gasteiger partial charge on any atom is 0.235 e. The van der Waals surface area contributed by atoms with Gasteiger partial charge in [0.2, 0.25) is 10.0 Å². The van der Waals surface area contributed by atoms with E-state index in [-0.39, 0.29) is 24.3 Å². The Labute approximate surface area is 121 Å². The highest BCUT2D eigenvalue weighted by Crippen LogP contribution is 2.26. The molecule has 0 unspecified atom stereocenters. The van der Waals surface area contributed by atoms with Crippen LogP contribution in [0.4, 0.5) is 5.69 Å². The van der Waals surface area contributed by atoms with Crippen LogP contribution in [0.25, 0.3) is 0 Å². The second-order valence-electron chi connectivity index (χ2n) is 4.48. The summed E-state index contributed by atoms with van der Waals surface area (Å²) in [5.41, 5.74) is 0.468. The molecule has 2 rings (SSSR count). The minimum absolute atomic E-state index is 0.0610. The number of halogens is 1. The SMILES string of the molecule is O=S1(=O)CCC(S(=O)(=O)Nc2ccccc2Br)CC1. The molecule has 1 N–H and O–H groups in total. The molecule has 5 nitrogen and oxygen atoms in total. The molecule has 0 bridgehead atoms. The van der Waals surface area contributed by atoms with Crippen LogP contribution >= 0.6 is 15.9 Å². The van der Waals surface area contributed by atoms with Crippen LogP contribution in [-0.2, 0) is 19.9 Å². The van der Waals surface area contributed by atoms with E-state index in [0.29, 0.717) is 10.2 Å². The maximum absolute atomic E-state index is 12.2. The summed E-state index contributed by atoms with van der Waals surface area (Å²) in [6, 6.07) is 6.91. The smallest absolute Gasteiger partial charge is 0.235 e. The Kier molecular flexibility index (Phi) is 4.22. The molecule has 0 aromatic heterocycles. The molecule has 1 heterocycles. The Bertz CT molecular complexity index is 656. The second-order valence-corrected chi connectivity index (χ2v) is 9.60. The highest BCUT2D eigenvalue weighted by Gasteiger charge is 2.32. The lowest BCUT2D eigenvalue weighted by Gasteiger charge is -2.22. The predicted molar refractivity (Wildman–Crippen MR) is 78.4 cm³/mol. The number of benzene rings is 1. The van der Waals surface area contributed by atoms with E-state index in [9.17, 15) is 16.8 Å². The van der Waals surface area contributed by atoms with Crippen LogP contribution in [-0.4, -0.2) is 33.6 Å². The number of anilines is 1. The molecule has 0 aliphatic carbocycles. The molecule has 0 amide bonds. The molecule has 1 aromatic rings. The molecule has 1 aliphatic rings. The highest BCUT2D eigenvalue weighted by molar-refractivity contribution is 9.10. The lowest BCUT2D eigenvalue weighted by Crippen LogP contribution is -2.36. The topological polar surface area (TPSA) is 80.3 Å². The van der Waals surface area contributed by atoms with Gasteiger partial charge in [0.1, 0.15) is 9.84 Å². The maximum atomic E-state index is 12.2. The average Bonchev–Trinajstić information content (AvgIpc) is 2.31. The predicted octanol–water partition coefficient (Wildman–Crippen LogP) is 1.77. The first-order chi connectivity index (χ1) is 8.80. The van der Waals surface area contributed by atoms with Crippen molar-refractivity contribution in [1.82, 2.24) is 0 Å². The number of sulfone groups is 1. The molecule has 8 heteroatoms. The summed E-state index contributed by atoms with van der Waals surface area (Å²) >= 11 is 3.27. The Balaban J connectivity index is 2.14. The number of sulfonamides is 1. The first-order valence-corrected chi connectivity index (χ1v) is 9.93. The zero-order valence-corrected chi connectivity index (χ0v) is 13.3. The fraction of sp³-hybridized carbons (Fsp3) is 0.455. The van der Waals surface area contributed by atoms with Gasteiger partial charge in [-0.2, -0.15) is 0 Å². The molecule has 19 heavy (non-hydrogen) atoms. The molecule has 0 spiro atoms. The summed E-state index contributed by atoms with van der Waals surface area (Å²) in [5.74, 6) is -0.122. The number of para-hydroxylation sites is 1. The van der Waals surface area contributed by atoms with Crippen molar-refractivity contribution in [2.24, 2.45) is 0 Å². The largest absolute Gasteiger partial charge is 0.282 e. The van der Waals surface area contributed by atoms with E-state index in [4.69, 9.17) is 0 Å². The Morgan fingerprint density at radius 3 is 2.32 bits per heavy atom. The monoisotopic (exact) mass is 367 g/mol. The van der Waals surface area contributed by atoms with E-state index in [1.54, 1.807) is 24.3 Å². The van der Waals surface area contributed by atoms with Gasteiger partial charge in [0, 0.05) is 4.47 Å². The summed E-state index contributed by atoms with van der Waals surface area (Å²) in [6.45, 7) is 0. The third kappa shape index (κ3) is 3.70. The fourth-order valence-electron chi connectivity index (χ4n) is 1.96. The van der Waals surface area contributed by atoms with Gasteiger partial charge >= 0.3 is 0 Å². The van der Waals surface area contributed by atoms with Gasteiger partial charge < -0.3 is 0 Å². The van der Waals surface area contributed by atoms with Crippen molar-refractivity contribution >= 4 is 41.5 Å². The van der Waals surface area contributed by atoms with Gasteiger partial charge in [0.25, 0.3) is 0 Å². The van der Waals surface area contributed by atoms with Crippen molar-refractivity contribution < 1.29 is 16.8 Å². The van der Waals surface area contributed by atoms with Crippen molar-refractivity contribution in [1.29, 1.82) is 0 Å². The van der Waals surface area contributed by atoms with Crippen molar-refractivity contribution in [3.63, 3.8) is 0 Å². The number of hydrogen-bond acceptors (Lipinski definition) is 4. The molecular weight excluding hydrogens is 354 g/mol. The van der Waals surface area contributed by atoms with Gasteiger partial charge in [-0.1, -0.05) is 12.1 Å². The Hall–Kier alpha value is -0.600. The molecule has 1 saturated heterocycles. The van der Waals surface area contributed by atoms with Crippen LogP contribution in [0.1, 0.15) is 12.8 Å². The minimum Gasteiger partial charge on any atom is -0.282 e. The molecule has 0 radical (unpaired) electrons. The lowest BCUT2D eigenvalue weighted by molar-refractivity contribution is 0.555. The second kappa shape index (κ2) is 5.41. The summed E-state index contributed by atoms with van der Waals surface area (Å²) in [6.07, 6.45) is 0.310. The van der Waals surface area contributed by atoms with Gasteiger partial charge in [-0.15, -0.1) is 0 Å². The van der Waals surface area contributed by atoms with Crippen molar-refractivity contribution in [3.8, 4) is 0 Å². The Morgan fingerprint density at radius 1 is 1.16 bits per heavy atom. The van der Waals surface area contributed by atoms with Crippen LogP contribution < -0.4 is 4.72 Å². The van der Waals surface area contributed by atoms with Crippen LogP contribution in [0.15, 0.2) is 28.7 Å². The standard InChI is InChI=1S/C11H14BrNO4S2/c12-10-3-1-2-4-11(10)13-19(16,17)9-5-7-18(14,15)8-6-9/h1-4,9,13H,5-8H2. The number of nitrogens with one attached hydrogen (secondary N) is 1. The zero-order valence-electron chi connectivity index (χ0n) is 10.0. The van der Waals surface area contributed by atoms with E-state index in [0.717, 1.165) is 0 Å². The average molecular weight is 368 g/mol. The molecular formula is C11H14BrNO4S2. The first-order valence-electron chi connectivity index (χ1n) is 5.77. The van der Waals surface area contributed by atoms with Crippen molar-refractivity contribution in [3.05, 3.63) is 28.7 Å². The van der Waals surface area contributed by atoms with Gasteiger partial charge in [0.15, 0.2) is 0 Å². The van der Waals surface area contributed by atoms with Crippen molar-refractivity contribution in [2.45, 2.75) is 18.1 Å². The molecule has 1 aliphatic heterocycles. The summed E-state index contributed by atoms with van der Waals surface area (Å²) < 4.78 is 50.2.